The minimum absolute atomic E-state index is 0.151. The van der Waals surface area contributed by atoms with Gasteiger partial charge >= 0.3 is 0 Å². The Morgan fingerprint density at radius 1 is 1.40 bits per heavy atom. The molecule has 60 valence electrons. The molecule has 0 saturated carbocycles. The smallest absolute Gasteiger partial charge is 0.0801 e. The predicted octanol–water partition coefficient (Wildman–Crippen LogP) is 1.17. The highest BCUT2D eigenvalue weighted by Crippen LogP contribution is 2.20. The highest BCUT2D eigenvalue weighted by molar-refractivity contribution is 4.83. The van der Waals surface area contributed by atoms with E-state index < -0.39 is 0 Å². The highest BCUT2D eigenvalue weighted by Gasteiger charge is 2.28. The first-order valence-electron chi connectivity index (χ1n) is 4.17. The minimum Gasteiger partial charge on any atom is -0.372 e. The summed E-state index contributed by atoms with van der Waals surface area (Å²) in [6.45, 7) is 7.30. The van der Waals surface area contributed by atoms with Crippen molar-refractivity contribution in [2.24, 2.45) is 0 Å². The first kappa shape index (κ1) is 8.02. The van der Waals surface area contributed by atoms with Gasteiger partial charge < -0.3 is 10.1 Å². The summed E-state index contributed by atoms with van der Waals surface area (Å²) in [5.74, 6) is 0. The van der Waals surface area contributed by atoms with Crippen LogP contribution in [0.25, 0.3) is 0 Å². The molecule has 0 aromatic heterocycles. The number of hydrogen-bond donors (Lipinski definition) is 1. The van der Waals surface area contributed by atoms with E-state index in [-0.39, 0.29) is 5.60 Å². The van der Waals surface area contributed by atoms with Crippen molar-refractivity contribution in [3.05, 3.63) is 0 Å². The van der Waals surface area contributed by atoms with Gasteiger partial charge in [0, 0.05) is 13.1 Å². The van der Waals surface area contributed by atoms with E-state index in [9.17, 15) is 0 Å². The highest BCUT2D eigenvalue weighted by atomic mass is 16.5. The van der Waals surface area contributed by atoms with Crippen LogP contribution in [0.5, 0.6) is 0 Å². The van der Waals surface area contributed by atoms with Crippen molar-refractivity contribution in [2.75, 3.05) is 19.7 Å². The maximum absolute atomic E-state index is 5.70. The average molecular weight is 143 g/mol. The number of ether oxygens (including phenoxy) is 1. The monoisotopic (exact) mass is 143 g/mol. The summed E-state index contributed by atoms with van der Waals surface area (Å²) >= 11 is 0. The summed E-state index contributed by atoms with van der Waals surface area (Å²) in [7, 11) is 0. The maximum Gasteiger partial charge on any atom is 0.0801 e. The van der Waals surface area contributed by atoms with Gasteiger partial charge in [0.25, 0.3) is 0 Å². The van der Waals surface area contributed by atoms with Crippen molar-refractivity contribution >= 4 is 0 Å². The van der Waals surface area contributed by atoms with Crippen LogP contribution in [0.15, 0.2) is 0 Å². The van der Waals surface area contributed by atoms with Gasteiger partial charge in [-0.05, 0) is 12.8 Å². The van der Waals surface area contributed by atoms with E-state index in [2.05, 4.69) is 19.2 Å². The van der Waals surface area contributed by atoms with Crippen LogP contribution in [-0.2, 0) is 4.74 Å². The molecule has 1 rings (SSSR count). The van der Waals surface area contributed by atoms with Crippen LogP contribution in [0.1, 0.15) is 26.7 Å². The molecule has 0 radical (unpaired) electrons. The Bertz CT molecular complexity index is 91.4. The normalized spacial score (nSPS) is 24.6. The zero-order valence-electron chi connectivity index (χ0n) is 6.94. The molecule has 1 heterocycles. The van der Waals surface area contributed by atoms with Crippen molar-refractivity contribution in [1.29, 1.82) is 0 Å². The maximum atomic E-state index is 5.70. The van der Waals surface area contributed by atoms with Crippen LogP contribution in [0.4, 0.5) is 0 Å². The molecular weight excluding hydrogens is 126 g/mol. The molecule has 0 amide bonds. The van der Waals surface area contributed by atoms with Crippen LogP contribution in [0.2, 0.25) is 0 Å². The second-order valence-corrected chi connectivity index (χ2v) is 2.92. The zero-order chi connectivity index (χ0) is 7.45. The van der Waals surface area contributed by atoms with Gasteiger partial charge in [-0.25, -0.2) is 0 Å². The van der Waals surface area contributed by atoms with Gasteiger partial charge in [0.1, 0.15) is 0 Å². The lowest BCUT2D eigenvalue weighted by molar-refractivity contribution is -0.0704. The van der Waals surface area contributed by atoms with Crippen LogP contribution in [0, 0.1) is 0 Å². The summed E-state index contributed by atoms with van der Waals surface area (Å²) in [6, 6.07) is 0. The largest absolute Gasteiger partial charge is 0.372 e. The summed E-state index contributed by atoms with van der Waals surface area (Å²) in [4.78, 5) is 0. The summed E-state index contributed by atoms with van der Waals surface area (Å²) in [6.07, 6.45) is 2.24. The molecule has 0 unspecified atom stereocenters. The van der Waals surface area contributed by atoms with E-state index in [0.717, 1.165) is 32.5 Å². The Morgan fingerprint density at radius 3 is 2.40 bits per heavy atom. The van der Waals surface area contributed by atoms with Gasteiger partial charge in [0.05, 0.1) is 12.2 Å². The quantitative estimate of drug-likeness (QED) is 0.626. The molecule has 1 aliphatic heterocycles. The van der Waals surface area contributed by atoms with Crippen LogP contribution in [-0.4, -0.2) is 25.3 Å². The second kappa shape index (κ2) is 3.35. The Labute approximate surface area is 63.0 Å². The lowest BCUT2D eigenvalue weighted by Crippen LogP contribution is -2.48. The lowest BCUT2D eigenvalue weighted by Gasteiger charge is -2.36. The van der Waals surface area contributed by atoms with E-state index in [1.165, 1.54) is 0 Å². The van der Waals surface area contributed by atoms with Gasteiger partial charge in [-0.2, -0.15) is 0 Å². The Hall–Kier alpha value is -0.0800. The van der Waals surface area contributed by atoms with Crippen LogP contribution >= 0.6 is 0 Å². The fraction of sp³-hybridized carbons (Fsp3) is 1.00. The number of rotatable bonds is 2. The first-order chi connectivity index (χ1) is 4.83. The van der Waals surface area contributed by atoms with E-state index in [1.807, 2.05) is 0 Å². The fourth-order valence-corrected chi connectivity index (χ4v) is 1.41. The van der Waals surface area contributed by atoms with Gasteiger partial charge in [-0.3, -0.25) is 0 Å². The molecule has 2 nitrogen and oxygen atoms in total. The predicted molar refractivity (Wildman–Crippen MR) is 42.1 cm³/mol. The van der Waals surface area contributed by atoms with Gasteiger partial charge in [-0.15, -0.1) is 0 Å². The van der Waals surface area contributed by atoms with Gasteiger partial charge in [0.15, 0.2) is 0 Å². The SMILES string of the molecule is CCC1(CC)CNCCO1. The van der Waals surface area contributed by atoms with E-state index in [4.69, 9.17) is 4.74 Å². The molecule has 0 aromatic carbocycles. The van der Waals surface area contributed by atoms with Crippen molar-refractivity contribution in [3.63, 3.8) is 0 Å². The third-order valence-corrected chi connectivity index (χ3v) is 2.42. The van der Waals surface area contributed by atoms with Crippen molar-refractivity contribution in [1.82, 2.24) is 5.32 Å². The molecule has 1 saturated heterocycles. The third-order valence-electron chi connectivity index (χ3n) is 2.42. The summed E-state index contributed by atoms with van der Waals surface area (Å²) < 4.78 is 5.70. The number of nitrogens with one attached hydrogen (secondary N) is 1. The van der Waals surface area contributed by atoms with E-state index >= 15 is 0 Å². The lowest BCUT2D eigenvalue weighted by atomic mass is 9.96. The van der Waals surface area contributed by atoms with E-state index in [0.29, 0.717) is 0 Å². The number of hydrogen-bond acceptors (Lipinski definition) is 2. The molecule has 0 aliphatic carbocycles. The molecule has 0 bridgehead atoms. The average Bonchev–Trinajstić information content (AvgIpc) is 2.06. The Morgan fingerprint density at radius 2 is 2.10 bits per heavy atom. The Balaban J connectivity index is 2.44. The molecule has 1 N–H and O–H groups in total. The molecule has 2 heteroatoms. The van der Waals surface area contributed by atoms with Gasteiger partial charge in [0.2, 0.25) is 0 Å². The molecule has 0 aromatic rings. The minimum atomic E-state index is 0.151. The topological polar surface area (TPSA) is 21.3 Å². The second-order valence-electron chi connectivity index (χ2n) is 2.92. The van der Waals surface area contributed by atoms with Crippen LogP contribution in [0.3, 0.4) is 0 Å². The van der Waals surface area contributed by atoms with Crippen molar-refractivity contribution in [2.45, 2.75) is 32.3 Å². The number of morpholine rings is 1. The van der Waals surface area contributed by atoms with Crippen molar-refractivity contribution < 1.29 is 4.74 Å². The van der Waals surface area contributed by atoms with E-state index in [1.54, 1.807) is 0 Å². The first-order valence-corrected chi connectivity index (χ1v) is 4.17. The fourth-order valence-electron chi connectivity index (χ4n) is 1.41. The third kappa shape index (κ3) is 1.50. The molecule has 10 heavy (non-hydrogen) atoms. The summed E-state index contributed by atoms with van der Waals surface area (Å²) in [5, 5.41) is 3.35. The Kier molecular flexibility index (Phi) is 2.69. The van der Waals surface area contributed by atoms with Crippen molar-refractivity contribution in [3.8, 4) is 0 Å². The zero-order valence-corrected chi connectivity index (χ0v) is 6.94. The molecule has 1 aliphatic rings. The summed E-state index contributed by atoms with van der Waals surface area (Å²) in [5.41, 5.74) is 0.151. The molecule has 0 atom stereocenters. The van der Waals surface area contributed by atoms with Crippen LogP contribution < -0.4 is 5.32 Å². The van der Waals surface area contributed by atoms with Gasteiger partial charge in [-0.1, -0.05) is 13.8 Å². The molecule has 1 fully saturated rings. The molecule has 0 spiro atoms. The standard InChI is InChI=1S/C8H17NO/c1-3-8(4-2)7-9-5-6-10-8/h9H,3-7H2,1-2H3. The molecular formula is C8H17NO.